The average Bonchev–Trinajstić information content (AvgIpc) is 2.33. The molecule has 0 aromatic heterocycles. The van der Waals surface area contributed by atoms with Crippen LogP contribution in [0.25, 0.3) is 11.1 Å². The van der Waals surface area contributed by atoms with Gasteiger partial charge in [-0.25, -0.2) is 0 Å². The highest BCUT2D eigenvalue weighted by molar-refractivity contribution is 5.67. The number of rotatable bonds is 3. The van der Waals surface area contributed by atoms with Gasteiger partial charge in [-0.3, -0.25) is 0 Å². The molecule has 2 rings (SSSR count). The van der Waals surface area contributed by atoms with E-state index in [1.807, 2.05) is 42.5 Å². The monoisotopic (exact) mass is 212 g/mol. The van der Waals surface area contributed by atoms with Crippen molar-refractivity contribution in [3.05, 3.63) is 54.1 Å². The molecule has 0 atom stereocenters. The minimum absolute atomic E-state index is 0.173. The molecule has 0 radical (unpaired) electrons. The Morgan fingerprint density at radius 1 is 1.00 bits per heavy atom. The topological polar surface area (TPSA) is 37.3 Å². The minimum atomic E-state index is 0.173. The van der Waals surface area contributed by atoms with Gasteiger partial charge in [-0.1, -0.05) is 36.4 Å². The van der Waals surface area contributed by atoms with Crippen molar-refractivity contribution in [3.8, 4) is 16.9 Å². The third-order valence-electron chi connectivity index (χ3n) is 2.49. The first-order valence-electron chi connectivity index (χ1n) is 5.12. The van der Waals surface area contributed by atoms with Gasteiger partial charge in [0.2, 0.25) is 0 Å². The number of carbonyl (C=O) groups excluding carboxylic acids is 1. The van der Waals surface area contributed by atoms with Crippen LogP contribution >= 0.6 is 0 Å². The van der Waals surface area contributed by atoms with Crippen LogP contribution in [0.1, 0.15) is 5.56 Å². The van der Waals surface area contributed by atoms with Crippen LogP contribution in [0.4, 0.5) is 0 Å². The summed E-state index contributed by atoms with van der Waals surface area (Å²) < 4.78 is 0. The number of carbonyl (C=O) groups is 1. The molecule has 16 heavy (non-hydrogen) atoms. The van der Waals surface area contributed by atoms with E-state index in [1.165, 1.54) is 0 Å². The van der Waals surface area contributed by atoms with Gasteiger partial charge in [0.1, 0.15) is 12.0 Å². The van der Waals surface area contributed by atoms with Crippen LogP contribution in [0.3, 0.4) is 0 Å². The molecule has 0 aliphatic heterocycles. The Kier molecular flexibility index (Phi) is 3.01. The molecule has 0 aliphatic rings. The highest BCUT2D eigenvalue weighted by atomic mass is 16.3. The van der Waals surface area contributed by atoms with E-state index < -0.39 is 0 Å². The maximum absolute atomic E-state index is 10.5. The molecule has 0 amide bonds. The Bertz CT molecular complexity index is 489. The molecular weight excluding hydrogens is 200 g/mol. The van der Waals surface area contributed by atoms with Crippen molar-refractivity contribution in [2.75, 3.05) is 0 Å². The minimum Gasteiger partial charge on any atom is -0.508 e. The predicted octanol–water partition coefficient (Wildman–Crippen LogP) is 2.80. The summed E-state index contributed by atoms with van der Waals surface area (Å²) in [6.45, 7) is 0. The van der Waals surface area contributed by atoms with Crippen LogP contribution in [0.2, 0.25) is 0 Å². The molecule has 0 fully saturated rings. The van der Waals surface area contributed by atoms with Crippen molar-refractivity contribution in [1.29, 1.82) is 0 Å². The van der Waals surface area contributed by atoms with Crippen LogP contribution in [-0.4, -0.2) is 11.4 Å². The zero-order chi connectivity index (χ0) is 11.4. The molecule has 2 aromatic carbocycles. The number of benzene rings is 2. The molecule has 80 valence electrons. The smallest absolute Gasteiger partial charge is 0.124 e. The van der Waals surface area contributed by atoms with Gasteiger partial charge in [-0.2, -0.15) is 0 Å². The standard InChI is InChI=1S/C14H12O2/c15-9-8-13-10-12(6-7-14(13)16)11-4-2-1-3-5-11/h1-7,9-10,16H,8H2. The highest BCUT2D eigenvalue weighted by Gasteiger charge is 2.03. The molecule has 2 heteroatoms. The third-order valence-corrected chi connectivity index (χ3v) is 2.49. The van der Waals surface area contributed by atoms with Gasteiger partial charge in [-0.15, -0.1) is 0 Å². The van der Waals surface area contributed by atoms with Crippen molar-refractivity contribution in [2.45, 2.75) is 6.42 Å². The second-order valence-corrected chi connectivity index (χ2v) is 3.58. The van der Waals surface area contributed by atoms with Crippen LogP contribution in [0.15, 0.2) is 48.5 Å². The second kappa shape index (κ2) is 4.62. The molecule has 0 bridgehead atoms. The summed E-state index contributed by atoms with van der Waals surface area (Å²) in [5.41, 5.74) is 2.75. The first-order valence-corrected chi connectivity index (χ1v) is 5.12. The number of phenolic OH excluding ortho intramolecular Hbond substituents is 1. The molecule has 0 saturated heterocycles. The van der Waals surface area contributed by atoms with E-state index in [0.717, 1.165) is 17.4 Å². The molecular formula is C14H12O2. The van der Waals surface area contributed by atoms with E-state index >= 15 is 0 Å². The average molecular weight is 212 g/mol. The fourth-order valence-corrected chi connectivity index (χ4v) is 1.65. The molecule has 0 spiro atoms. The fourth-order valence-electron chi connectivity index (χ4n) is 1.65. The first-order chi connectivity index (χ1) is 7.81. The quantitative estimate of drug-likeness (QED) is 0.794. The molecule has 2 nitrogen and oxygen atoms in total. The lowest BCUT2D eigenvalue weighted by Gasteiger charge is -2.05. The van der Waals surface area contributed by atoms with E-state index in [2.05, 4.69) is 0 Å². The predicted molar refractivity (Wildman–Crippen MR) is 63.3 cm³/mol. The van der Waals surface area contributed by atoms with Gasteiger partial charge in [0.15, 0.2) is 0 Å². The summed E-state index contributed by atoms with van der Waals surface area (Å²) in [4.78, 5) is 10.5. The SMILES string of the molecule is O=CCc1cc(-c2ccccc2)ccc1O. The lowest BCUT2D eigenvalue weighted by Crippen LogP contribution is -1.88. The van der Waals surface area contributed by atoms with Gasteiger partial charge in [0, 0.05) is 12.0 Å². The van der Waals surface area contributed by atoms with Crippen molar-refractivity contribution < 1.29 is 9.90 Å². The maximum atomic E-state index is 10.5. The van der Waals surface area contributed by atoms with Crippen molar-refractivity contribution >= 4 is 6.29 Å². The molecule has 2 aromatic rings. The van der Waals surface area contributed by atoms with Gasteiger partial charge in [0.25, 0.3) is 0 Å². The Hall–Kier alpha value is -2.09. The third kappa shape index (κ3) is 2.11. The number of phenols is 1. The van der Waals surface area contributed by atoms with Crippen LogP contribution < -0.4 is 0 Å². The normalized spacial score (nSPS) is 10.0. The maximum Gasteiger partial charge on any atom is 0.124 e. The Morgan fingerprint density at radius 3 is 2.44 bits per heavy atom. The van der Waals surface area contributed by atoms with E-state index in [9.17, 15) is 9.90 Å². The van der Waals surface area contributed by atoms with Crippen molar-refractivity contribution in [3.63, 3.8) is 0 Å². The van der Waals surface area contributed by atoms with E-state index in [1.54, 1.807) is 6.07 Å². The van der Waals surface area contributed by atoms with Crippen molar-refractivity contribution in [1.82, 2.24) is 0 Å². The molecule has 0 saturated carbocycles. The first kappa shape index (κ1) is 10.4. The zero-order valence-corrected chi connectivity index (χ0v) is 8.76. The van der Waals surface area contributed by atoms with E-state index in [0.29, 0.717) is 5.56 Å². The Balaban J connectivity index is 2.43. The summed E-state index contributed by atoms with van der Waals surface area (Å²) in [5.74, 6) is 0.173. The van der Waals surface area contributed by atoms with Crippen LogP contribution in [0, 0.1) is 0 Å². The van der Waals surface area contributed by atoms with Gasteiger partial charge < -0.3 is 9.90 Å². The molecule has 0 unspecified atom stereocenters. The van der Waals surface area contributed by atoms with Gasteiger partial charge in [0.05, 0.1) is 0 Å². The lowest BCUT2D eigenvalue weighted by molar-refractivity contribution is -0.107. The zero-order valence-electron chi connectivity index (χ0n) is 8.76. The van der Waals surface area contributed by atoms with E-state index in [-0.39, 0.29) is 12.2 Å². The molecule has 0 heterocycles. The Labute approximate surface area is 94.2 Å². The number of hydrogen-bond acceptors (Lipinski definition) is 2. The Morgan fingerprint density at radius 2 is 1.75 bits per heavy atom. The summed E-state index contributed by atoms with van der Waals surface area (Å²) in [6.07, 6.45) is 1.04. The fraction of sp³-hybridized carbons (Fsp3) is 0.0714. The molecule has 0 aliphatic carbocycles. The largest absolute Gasteiger partial charge is 0.508 e. The van der Waals surface area contributed by atoms with E-state index in [4.69, 9.17) is 0 Å². The van der Waals surface area contributed by atoms with Gasteiger partial charge >= 0.3 is 0 Å². The number of aldehydes is 1. The van der Waals surface area contributed by atoms with Crippen molar-refractivity contribution in [2.24, 2.45) is 0 Å². The lowest BCUT2D eigenvalue weighted by atomic mass is 10.0. The van der Waals surface area contributed by atoms with Crippen LogP contribution in [0.5, 0.6) is 5.75 Å². The summed E-state index contributed by atoms with van der Waals surface area (Å²) in [6, 6.07) is 15.2. The number of aromatic hydroxyl groups is 1. The highest BCUT2D eigenvalue weighted by Crippen LogP contribution is 2.25. The van der Waals surface area contributed by atoms with Gasteiger partial charge in [-0.05, 0) is 23.3 Å². The number of hydrogen-bond donors (Lipinski definition) is 1. The summed E-state index contributed by atoms with van der Waals surface area (Å²) >= 11 is 0. The van der Waals surface area contributed by atoms with Crippen LogP contribution in [-0.2, 0) is 11.2 Å². The summed E-state index contributed by atoms with van der Waals surface area (Å²) in [5, 5.41) is 9.55. The summed E-state index contributed by atoms with van der Waals surface area (Å²) in [7, 11) is 0. The molecule has 1 N–H and O–H groups in total. The second-order valence-electron chi connectivity index (χ2n) is 3.58.